The number of aromatic nitrogens is 4. The van der Waals surface area contributed by atoms with Gasteiger partial charge in [0.05, 0.1) is 19.3 Å². The maximum Gasteiger partial charge on any atom is 0.264 e. The molecule has 0 saturated carbocycles. The molecule has 0 aliphatic carbocycles. The molecule has 0 amide bonds. The van der Waals surface area contributed by atoms with Crippen molar-refractivity contribution in [3.63, 3.8) is 0 Å². The Morgan fingerprint density at radius 1 is 1.38 bits per heavy atom. The second-order valence-electron chi connectivity index (χ2n) is 5.85. The SMILES string of the molecule is COCC(C)(O)Cn1cnc2c(cnn2-c2ccccc2F)c1=O. The van der Waals surface area contributed by atoms with E-state index in [1.54, 1.807) is 25.1 Å². The van der Waals surface area contributed by atoms with Gasteiger partial charge in [-0.1, -0.05) is 12.1 Å². The fourth-order valence-corrected chi connectivity index (χ4v) is 2.58. The van der Waals surface area contributed by atoms with Gasteiger partial charge in [-0.25, -0.2) is 14.1 Å². The average Bonchev–Trinajstić information content (AvgIpc) is 2.95. The topological polar surface area (TPSA) is 82.2 Å². The summed E-state index contributed by atoms with van der Waals surface area (Å²) in [6.45, 7) is 1.66. The van der Waals surface area contributed by atoms with Crippen LogP contribution in [-0.4, -0.2) is 43.8 Å². The van der Waals surface area contributed by atoms with Crippen molar-refractivity contribution >= 4 is 11.0 Å². The Morgan fingerprint density at radius 2 is 2.12 bits per heavy atom. The number of hydrogen-bond donors (Lipinski definition) is 1. The highest BCUT2D eigenvalue weighted by atomic mass is 19.1. The molecule has 3 rings (SSSR count). The number of nitrogens with zero attached hydrogens (tertiary/aromatic N) is 4. The lowest BCUT2D eigenvalue weighted by molar-refractivity contribution is -0.0293. The Balaban J connectivity index is 2.07. The standard InChI is InChI=1S/C16H17FN4O3/c1-16(23,9-24-2)8-20-10-18-14-11(15(20)22)7-19-21(14)13-6-4-3-5-12(13)17/h3-7,10,23H,8-9H2,1-2H3. The number of para-hydroxylation sites is 1. The fraction of sp³-hybridized carbons (Fsp3) is 0.312. The summed E-state index contributed by atoms with van der Waals surface area (Å²) in [4.78, 5) is 16.8. The second-order valence-corrected chi connectivity index (χ2v) is 5.85. The van der Waals surface area contributed by atoms with E-state index in [0.717, 1.165) is 0 Å². The Hall–Kier alpha value is -2.58. The maximum atomic E-state index is 13.9. The van der Waals surface area contributed by atoms with Crippen LogP contribution in [0.15, 0.2) is 41.6 Å². The lowest BCUT2D eigenvalue weighted by Gasteiger charge is -2.22. The highest BCUT2D eigenvalue weighted by Gasteiger charge is 2.23. The normalized spacial score (nSPS) is 14.0. The lowest BCUT2D eigenvalue weighted by Crippen LogP contribution is -2.39. The monoisotopic (exact) mass is 332 g/mol. The van der Waals surface area contributed by atoms with Crippen LogP contribution in [0.4, 0.5) is 4.39 Å². The Labute approximate surface area is 136 Å². The van der Waals surface area contributed by atoms with Crippen molar-refractivity contribution in [2.24, 2.45) is 0 Å². The number of rotatable bonds is 5. The minimum absolute atomic E-state index is 0.0213. The van der Waals surface area contributed by atoms with Crippen molar-refractivity contribution in [2.75, 3.05) is 13.7 Å². The van der Waals surface area contributed by atoms with Crippen molar-refractivity contribution in [3.05, 3.63) is 53.0 Å². The van der Waals surface area contributed by atoms with E-state index in [-0.39, 0.29) is 35.4 Å². The molecule has 1 N–H and O–H groups in total. The molecule has 0 bridgehead atoms. The van der Waals surface area contributed by atoms with Crippen LogP contribution < -0.4 is 5.56 Å². The zero-order chi connectivity index (χ0) is 17.3. The molecule has 1 unspecified atom stereocenters. The molecule has 0 aliphatic rings. The molecule has 126 valence electrons. The number of fused-ring (bicyclic) bond motifs is 1. The first-order valence-electron chi connectivity index (χ1n) is 7.32. The van der Waals surface area contributed by atoms with Crippen LogP contribution in [0.5, 0.6) is 0 Å². The Morgan fingerprint density at radius 3 is 2.83 bits per heavy atom. The van der Waals surface area contributed by atoms with Gasteiger partial charge in [0.15, 0.2) is 5.65 Å². The minimum atomic E-state index is -1.21. The van der Waals surface area contributed by atoms with Gasteiger partial charge in [0.2, 0.25) is 0 Å². The van der Waals surface area contributed by atoms with Crippen molar-refractivity contribution in [3.8, 4) is 5.69 Å². The van der Waals surface area contributed by atoms with Gasteiger partial charge >= 0.3 is 0 Å². The van der Waals surface area contributed by atoms with Gasteiger partial charge in [-0.3, -0.25) is 9.36 Å². The zero-order valence-electron chi connectivity index (χ0n) is 13.3. The van der Waals surface area contributed by atoms with Gasteiger partial charge in [-0.2, -0.15) is 5.10 Å². The predicted octanol–water partition coefficient (Wildman–Crippen LogP) is 1.12. The van der Waals surface area contributed by atoms with Gasteiger partial charge in [0, 0.05) is 7.11 Å². The number of halogens is 1. The molecule has 0 aliphatic heterocycles. The number of ether oxygens (including phenoxy) is 1. The van der Waals surface area contributed by atoms with Crippen LogP contribution in [0.25, 0.3) is 16.7 Å². The summed E-state index contributed by atoms with van der Waals surface area (Å²) in [6, 6.07) is 6.11. The molecule has 0 radical (unpaired) electrons. The highest BCUT2D eigenvalue weighted by molar-refractivity contribution is 5.74. The van der Waals surface area contributed by atoms with E-state index in [1.807, 2.05) is 0 Å². The molecule has 7 nitrogen and oxygen atoms in total. The summed E-state index contributed by atoms with van der Waals surface area (Å²) in [6.07, 6.45) is 2.66. The molecule has 1 aromatic carbocycles. The molecule has 0 fully saturated rings. The molecule has 3 aromatic rings. The van der Waals surface area contributed by atoms with Crippen molar-refractivity contribution < 1.29 is 14.2 Å². The average molecular weight is 332 g/mol. The third-order valence-corrected chi connectivity index (χ3v) is 3.60. The summed E-state index contributed by atoms with van der Waals surface area (Å²) in [7, 11) is 1.47. The van der Waals surface area contributed by atoms with E-state index in [4.69, 9.17) is 4.74 Å². The molecular formula is C16H17FN4O3. The largest absolute Gasteiger partial charge is 0.386 e. The number of methoxy groups -OCH3 is 1. The quantitative estimate of drug-likeness (QED) is 0.757. The zero-order valence-corrected chi connectivity index (χ0v) is 13.3. The first-order chi connectivity index (χ1) is 11.4. The van der Waals surface area contributed by atoms with Crippen molar-refractivity contribution in [1.82, 2.24) is 19.3 Å². The van der Waals surface area contributed by atoms with E-state index in [2.05, 4.69) is 10.1 Å². The third kappa shape index (κ3) is 2.93. The van der Waals surface area contributed by atoms with Gasteiger partial charge in [0.25, 0.3) is 5.56 Å². The lowest BCUT2D eigenvalue weighted by atomic mass is 10.1. The summed E-state index contributed by atoms with van der Waals surface area (Å²) in [5, 5.41) is 14.5. The van der Waals surface area contributed by atoms with Crippen molar-refractivity contribution in [2.45, 2.75) is 19.1 Å². The predicted molar refractivity (Wildman–Crippen MR) is 85.6 cm³/mol. The van der Waals surface area contributed by atoms with E-state index in [9.17, 15) is 14.3 Å². The molecule has 2 aromatic heterocycles. The van der Waals surface area contributed by atoms with E-state index < -0.39 is 11.4 Å². The molecule has 1 atom stereocenters. The fourth-order valence-electron chi connectivity index (χ4n) is 2.58. The molecular weight excluding hydrogens is 315 g/mol. The third-order valence-electron chi connectivity index (χ3n) is 3.60. The first-order valence-corrected chi connectivity index (χ1v) is 7.32. The van der Waals surface area contributed by atoms with Gasteiger partial charge in [-0.05, 0) is 19.1 Å². The smallest absolute Gasteiger partial charge is 0.264 e. The summed E-state index contributed by atoms with van der Waals surface area (Å²) in [5.74, 6) is -0.462. The number of aliphatic hydroxyl groups is 1. The molecule has 2 heterocycles. The summed E-state index contributed by atoms with van der Waals surface area (Å²) < 4.78 is 21.5. The summed E-state index contributed by atoms with van der Waals surface area (Å²) >= 11 is 0. The maximum absolute atomic E-state index is 13.9. The van der Waals surface area contributed by atoms with E-state index >= 15 is 0 Å². The van der Waals surface area contributed by atoms with Crippen LogP contribution in [0.3, 0.4) is 0 Å². The van der Waals surface area contributed by atoms with E-state index in [1.165, 1.54) is 34.9 Å². The number of benzene rings is 1. The van der Waals surface area contributed by atoms with Crippen LogP contribution in [0, 0.1) is 5.82 Å². The van der Waals surface area contributed by atoms with Crippen LogP contribution >= 0.6 is 0 Å². The minimum Gasteiger partial charge on any atom is -0.386 e. The number of hydrogen-bond acceptors (Lipinski definition) is 5. The van der Waals surface area contributed by atoms with Gasteiger partial charge in [-0.15, -0.1) is 0 Å². The van der Waals surface area contributed by atoms with Gasteiger partial charge < -0.3 is 9.84 Å². The van der Waals surface area contributed by atoms with Crippen LogP contribution in [0.2, 0.25) is 0 Å². The van der Waals surface area contributed by atoms with Gasteiger partial charge in [0.1, 0.15) is 28.8 Å². The first kappa shape index (κ1) is 16.3. The van der Waals surface area contributed by atoms with E-state index in [0.29, 0.717) is 0 Å². The molecule has 24 heavy (non-hydrogen) atoms. The molecule has 8 heteroatoms. The van der Waals surface area contributed by atoms with Crippen LogP contribution in [-0.2, 0) is 11.3 Å². The Kier molecular flexibility index (Phi) is 4.16. The second kappa shape index (κ2) is 6.14. The van der Waals surface area contributed by atoms with Crippen molar-refractivity contribution in [1.29, 1.82) is 0 Å². The molecule has 0 spiro atoms. The highest BCUT2D eigenvalue weighted by Crippen LogP contribution is 2.17. The molecule has 0 saturated heterocycles. The Bertz CT molecular complexity index is 932. The summed E-state index contributed by atoms with van der Waals surface area (Å²) in [5.41, 5.74) is -1.11. The van der Waals surface area contributed by atoms with Crippen LogP contribution in [0.1, 0.15) is 6.92 Å².